The maximum absolute atomic E-state index is 11.3. The smallest absolute Gasteiger partial charge is 0.344 e. The van der Waals surface area contributed by atoms with Gasteiger partial charge in [0.1, 0.15) is 5.75 Å². The van der Waals surface area contributed by atoms with Crippen LogP contribution < -0.4 is 9.47 Å². The number of carbonyl (C=O) groups excluding carboxylic acids is 1. The second-order valence-corrected chi connectivity index (χ2v) is 4.32. The summed E-state index contributed by atoms with van der Waals surface area (Å²) in [7, 11) is 3.43. The van der Waals surface area contributed by atoms with Gasteiger partial charge in [-0.1, -0.05) is 12.1 Å². The monoisotopic (exact) mass is 290 g/mol. The number of nitrogens with zero attached hydrogens (tertiary/aromatic N) is 2. The lowest BCUT2D eigenvalue weighted by Crippen LogP contribution is -2.14. The molecule has 1 aromatic carbocycles. The molecule has 112 valence electrons. The van der Waals surface area contributed by atoms with Crippen molar-refractivity contribution < 1.29 is 19.0 Å². The highest BCUT2D eigenvalue weighted by Crippen LogP contribution is 2.26. The first-order valence-corrected chi connectivity index (χ1v) is 6.61. The number of ether oxygens (including phenoxy) is 3. The van der Waals surface area contributed by atoms with Gasteiger partial charge < -0.3 is 14.2 Å². The molecule has 21 heavy (non-hydrogen) atoms. The van der Waals surface area contributed by atoms with Gasteiger partial charge in [-0.3, -0.25) is 4.68 Å². The van der Waals surface area contributed by atoms with Crippen LogP contribution in [0, 0.1) is 0 Å². The Morgan fingerprint density at radius 3 is 2.86 bits per heavy atom. The number of methoxy groups -OCH3 is 1. The van der Waals surface area contributed by atoms with Crippen molar-refractivity contribution in [2.75, 3.05) is 20.3 Å². The van der Waals surface area contributed by atoms with E-state index in [0.29, 0.717) is 12.5 Å². The highest BCUT2D eigenvalue weighted by atomic mass is 16.6. The van der Waals surface area contributed by atoms with Gasteiger partial charge in [0.15, 0.2) is 6.61 Å². The number of esters is 1. The van der Waals surface area contributed by atoms with Crippen molar-refractivity contribution in [3.05, 3.63) is 30.3 Å². The molecule has 1 heterocycles. The molecular formula is C15H18N2O4. The predicted molar refractivity (Wildman–Crippen MR) is 77.3 cm³/mol. The summed E-state index contributed by atoms with van der Waals surface area (Å²) in [5.74, 6) is 0.733. The Bertz CT molecular complexity index is 622. The molecule has 0 aliphatic rings. The zero-order valence-electron chi connectivity index (χ0n) is 12.3. The molecule has 1 aromatic heterocycles. The number of aromatic nitrogens is 2. The van der Waals surface area contributed by atoms with Crippen LogP contribution in [0.3, 0.4) is 0 Å². The van der Waals surface area contributed by atoms with E-state index >= 15 is 0 Å². The van der Waals surface area contributed by atoms with E-state index in [1.807, 2.05) is 31.3 Å². The quantitative estimate of drug-likeness (QED) is 0.762. The van der Waals surface area contributed by atoms with E-state index in [2.05, 4.69) is 5.10 Å². The van der Waals surface area contributed by atoms with Gasteiger partial charge in [0.2, 0.25) is 5.88 Å². The number of rotatable bonds is 6. The fraction of sp³-hybridized carbons (Fsp3) is 0.333. The van der Waals surface area contributed by atoms with Crippen LogP contribution in [0.25, 0.3) is 11.3 Å². The van der Waals surface area contributed by atoms with Gasteiger partial charge >= 0.3 is 5.97 Å². The first kappa shape index (κ1) is 14.9. The molecule has 2 aromatic rings. The zero-order valence-corrected chi connectivity index (χ0v) is 12.3. The van der Waals surface area contributed by atoms with Gasteiger partial charge in [0.05, 0.1) is 19.4 Å². The molecule has 6 heteroatoms. The lowest BCUT2D eigenvalue weighted by Gasteiger charge is -2.04. The van der Waals surface area contributed by atoms with Gasteiger partial charge in [0.25, 0.3) is 0 Å². The number of hydrogen-bond donors (Lipinski definition) is 0. The van der Waals surface area contributed by atoms with Crippen molar-refractivity contribution in [3.8, 4) is 22.9 Å². The van der Waals surface area contributed by atoms with Crippen molar-refractivity contribution in [1.82, 2.24) is 9.78 Å². The van der Waals surface area contributed by atoms with E-state index < -0.39 is 5.97 Å². The van der Waals surface area contributed by atoms with Crippen molar-refractivity contribution in [3.63, 3.8) is 0 Å². The molecule has 0 radical (unpaired) electrons. The molecular weight excluding hydrogens is 272 g/mol. The van der Waals surface area contributed by atoms with E-state index in [1.165, 1.54) is 0 Å². The minimum atomic E-state index is -0.411. The fourth-order valence-electron chi connectivity index (χ4n) is 1.90. The molecule has 2 rings (SSSR count). The minimum absolute atomic E-state index is 0.150. The Morgan fingerprint density at radius 1 is 1.33 bits per heavy atom. The van der Waals surface area contributed by atoms with E-state index in [1.54, 1.807) is 24.8 Å². The van der Waals surface area contributed by atoms with Crippen molar-refractivity contribution in [1.29, 1.82) is 0 Å². The Kier molecular flexibility index (Phi) is 4.81. The first-order valence-electron chi connectivity index (χ1n) is 6.61. The lowest BCUT2D eigenvalue weighted by molar-refractivity contribution is -0.145. The molecule has 0 N–H and O–H groups in total. The highest BCUT2D eigenvalue weighted by Gasteiger charge is 2.11. The third kappa shape index (κ3) is 3.75. The Labute approximate surface area is 123 Å². The number of carbonyl (C=O) groups is 1. The van der Waals surface area contributed by atoms with Crippen LogP contribution in [0.2, 0.25) is 0 Å². The normalized spacial score (nSPS) is 10.2. The Morgan fingerprint density at radius 2 is 2.14 bits per heavy atom. The van der Waals surface area contributed by atoms with Crippen LogP contribution in [0.15, 0.2) is 30.3 Å². The molecule has 0 fully saturated rings. The highest BCUT2D eigenvalue weighted by molar-refractivity contribution is 5.71. The summed E-state index contributed by atoms with van der Waals surface area (Å²) in [4.78, 5) is 11.3. The summed E-state index contributed by atoms with van der Waals surface area (Å²) in [5, 5.41) is 4.22. The average molecular weight is 290 g/mol. The molecule has 0 amide bonds. The van der Waals surface area contributed by atoms with Crippen LogP contribution in [-0.2, 0) is 16.6 Å². The number of hydrogen-bond acceptors (Lipinski definition) is 5. The van der Waals surface area contributed by atoms with Gasteiger partial charge in [-0.25, -0.2) is 4.79 Å². The van der Waals surface area contributed by atoms with Crippen LogP contribution in [0.1, 0.15) is 6.92 Å². The molecule has 0 aliphatic heterocycles. The molecule has 0 saturated heterocycles. The molecule has 6 nitrogen and oxygen atoms in total. The Balaban J connectivity index is 2.13. The second kappa shape index (κ2) is 6.78. The molecule has 0 saturated carbocycles. The Hall–Kier alpha value is -2.50. The van der Waals surface area contributed by atoms with E-state index in [0.717, 1.165) is 17.0 Å². The molecule has 0 unspecified atom stereocenters. The van der Waals surface area contributed by atoms with Gasteiger partial charge in [-0.2, -0.15) is 0 Å². The van der Waals surface area contributed by atoms with Crippen LogP contribution in [0.4, 0.5) is 0 Å². The summed E-state index contributed by atoms with van der Waals surface area (Å²) in [6.07, 6.45) is 0. The van der Waals surface area contributed by atoms with Crippen LogP contribution in [0.5, 0.6) is 11.6 Å². The van der Waals surface area contributed by atoms with Crippen molar-refractivity contribution in [2.24, 2.45) is 7.05 Å². The van der Waals surface area contributed by atoms with E-state index in [-0.39, 0.29) is 6.61 Å². The van der Waals surface area contributed by atoms with E-state index in [9.17, 15) is 4.79 Å². The standard InChI is InChI=1S/C15H18N2O4/c1-4-20-15(18)10-21-14-9-13(17(2)16-14)11-6-5-7-12(8-11)19-3/h5-9H,4,10H2,1-3H3. The third-order valence-electron chi connectivity index (χ3n) is 2.87. The fourth-order valence-corrected chi connectivity index (χ4v) is 1.90. The third-order valence-corrected chi connectivity index (χ3v) is 2.87. The SMILES string of the molecule is CCOC(=O)COc1cc(-c2cccc(OC)c2)n(C)n1. The summed E-state index contributed by atoms with van der Waals surface area (Å²) in [6, 6.07) is 9.41. The van der Waals surface area contributed by atoms with Gasteiger partial charge in [-0.05, 0) is 19.1 Å². The van der Waals surface area contributed by atoms with Crippen LogP contribution >= 0.6 is 0 Å². The second-order valence-electron chi connectivity index (χ2n) is 4.32. The predicted octanol–water partition coefficient (Wildman–Crippen LogP) is 2.04. The summed E-state index contributed by atoms with van der Waals surface area (Å²) < 4.78 is 17.0. The summed E-state index contributed by atoms with van der Waals surface area (Å²) in [6.45, 7) is 1.93. The van der Waals surface area contributed by atoms with Crippen molar-refractivity contribution >= 4 is 5.97 Å². The topological polar surface area (TPSA) is 62.6 Å². The minimum Gasteiger partial charge on any atom is -0.497 e. The van der Waals surface area contributed by atoms with Gasteiger partial charge in [-0.15, -0.1) is 5.10 Å². The lowest BCUT2D eigenvalue weighted by atomic mass is 10.1. The molecule has 0 atom stereocenters. The maximum atomic E-state index is 11.3. The van der Waals surface area contributed by atoms with Gasteiger partial charge in [0, 0.05) is 18.7 Å². The largest absolute Gasteiger partial charge is 0.497 e. The molecule has 0 bridgehead atoms. The van der Waals surface area contributed by atoms with E-state index in [4.69, 9.17) is 14.2 Å². The molecule has 0 spiro atoms. The summed E-state index contributed by atoms with van der Waals surface area (Å²) >= 11 is 0. The summed E-state index contributed by atoms with van der Waals surface area (Å²) in [5.41, 5.74) is 1.82. The molecule has 0 aliphatic carbocycles. The maximum Gasteiger partial charge on any atom is 0.344 e. The number of benzene rings is 1. The van der Waals surface area contributed by atoms with Crippen molar-refractivity contribution in [2.45, 2.75) is 6.92 Å². The zero-order chi connectivity index (χ0) is 15.2. The number of aryl methyl sites for hydroxylation is 1. The average Bonchev–Trinajstić information content (AvgIpc) is 2.87. The first-order chi connectivity index (χ1) is 10.1. The van der Waals surface area contributed by atoms with Crippen LogP contribution in [-0.4, -0.2) is 36.1 Å².